The molecule has 0 radical (unpaired) electrons. The predicted molar refractivity (Wildman–Crippen MR) is 68.6 cm³/mol. The first-order valence-corrected chi connectivity index (χ1v) is 6.80. The SMILES string of the molecule is CN(C)[C@@H]1CCCN(C(=O)[C@H]2CCC[C@@H]2N)C1. The molecule has 1 aliphatic heterocycles. The van der Waals surface area contributed by atoms with Crippen LogP contribution in [0, 0.1) is 5.92 Å². The summed E-state index contributed by atoms with van der Waals surface area (Å²) in [7, 11) is 4.19. The van der Waals surface area contributed by atoms with Gasteiger partial charge in [-0.15, -0.1) is 0 Å². The van der Waals surface area contributed by atoms with E-state index in [1.165, 1.54) is 6.42 Å². The fraction of sp³-hybridized carbons (Fsp3) is 0.923. The maximum Gasteiger partial charge on any atom is 0.227 e. The Morgan fingerprint density at radius 2 is 2.00 bits per heavy atom. The molecule has 1 saturated carbocycles. The highest BCUT2D eigenvalue weighted by molar-refractivity contribution is 5.80. The molecule has 17 heavy (non-hydrogen) atoms. The van der Waals surface area contributed by atoms with Crippen LogP contribution in [-0.2, 0) is 4.79 Å². The lowest BCUT2D eigenvalue weighted by atomic mass is 9.99. The molecular weight excluding hydrogens is 214 g/mol. The van der Waals surface area contributed by atoms with Gasteiger partial charge in [-0.1, -0.05) is 6.42 Å². The van der Waals surface area contributed by atoms with E-state index in [1.54, 1.807) is 0 Å². The number of hydrogen-bond donors (Lipinski definition) is 1. The van der Waals surface area contributed by atoms with Gasteiger partial charge in [-0.3, -0.25) is 4.79 Å². The fourth-order valence-electron chi connectivity index (χ4n) is 3.11. The molecule has 4 nitrogen and oxygen atoms in total. The second-order valence-corrected chi connectivity index (χ2v) is 5.75. The smallest absolute Gasteiger partial charge is 0.227 e. The molecule has 98 valence electrons. The van der Waals surface area contributed by atoms with Crippen molar-refractivity contribution in [2.45, 2.75) is 44.2 Å². The summed E-state index contributed by atoms with van der Waals surface area (Å²) >= 11 is 0. The standard InChI is InChI=1S/C13H25N3O/c1-15(2)10-5-4-8-16(9-10)13(17)11-6-3-7-12(11)14/h10-12H,3-9,14H2,1-2H3/t10-,11+,12+/m1/s1. The van der Waals surface area contributed by atoms with Gasteiger partial charge in [0, 0.05) is 25.2 Å². The van der Waals surface area contributed by atoms with E-state index in [2.05, 4.69) is 19.0 Å². The highest BCUT2D eigenvalue weighted by atomic mass is 16.2. The van der Waals surface area contributed by atoms with Gasteiger partial charge >= 0.3 is 0 Å². The van der Waals surface area contributed by atoms with Crippen molar-refractivity contribution in [1.82, 2.24) is 9.80 Å². The van der Waals surface area contributed by atoms with Gasteiger partial charge < -0.3 is 15.5 Å². The maximum absolute atomic E-state index is 12.4. The first-order valence-electron chi connectivity index (χ1n) is 6.80. The van der Waals surface area contributed by atoms with E-state index in [0.29, 0.717) is 11.9 Å². The van der Waals surface area contributed by atoms with E-state index in [-0.39, 0.29) is 12.0 Å². The predicted octanol–water partition coefficient (Wildman–Crippen LogP) is 0.666. The molecular formula is C13H25N3O. The number of piperidine rings is 1. The minimum atomic E-state index is 0.0934. The van der Waals surface area contributed by atoms with Crippen LogP contribution in [0.5, 0.6) is 0 Å². The number of nitrogens with two attached hydrogens (primary N) is 1. The minimum absolute atomic E-state index is 0.0934. The van der Waals surface area contributed by atoms with E-state index < -0.39 is 0 Å². The summed E-state index contributed by atoms with van der Waals surface area (Å²) in [6.45, 7) is 1.81. The quantitative estimate of drug-likeness (QED) is 0.770. The number of rotatable bonds is 2. The zero-order chi connectivity index (χ0) is 12.4. The highest BCUT2D eigenvalue weighted by Crippen LogP contribution is 2.27. The third-order valence-corrected chi connectivity index (χ3v) is 4.33. The lowest BCUT2D eigenvalue weighted by Crippen LogP contribution is -2.50. The molecule has 3 atom stereocenters. The molecule has 1 amide bonds. The molecule has 2 fully saturated rings. The second-order valence-electron chi connectivity index (χ2n) is 5.75. The minimum Gasteiger partial charge on any atom is -0.341 e. The molecule has 1 aliphatic carbocycles. The number of hydrogen-bond acceptors (Lipinski definition) is 3. The largest absolute Gasteiger partial charge is 0.341 e. The first kappa shape index (κ1) is 12.8. The summed E-state index contributed by atoms with van der Waals surface area (Å²) in [6, 6.07) is 0.618. The van der Waals surface area contributed by atoms with Crippen LogP contribution in [0.25, 0.3) is 0 Å². The van der Waals surface area contributed by atoms with Crippen LogP contribution in [0.15, 0.2) is 0 Å². The van der Waals surface area contributed by atoms with Gasteiger partial charge in [0.1, 0.15) is 0 Å². The van der Waals surface area contributed by atoms with Gasteiger partial charge in [0.15, 0.2) is 0 Å². The van der Waals surface area contributed by atoms with E-state index in [1.807, 2.05) is 4.90 Å². The van der Waals surface area contributed by atoms with Crippen LogP contribution in [0.1, 0.15) is 32.1 Å². The van der Waals surface area contributed by atoms with Crippen molar-refractivity contribution < 1.29 is 4.79 Å². The molecule has 0 unspecified atom stereocenters. The topological polar surface area (TPSA) is 49.6 Å². The molecule has 0 aromatic rings. The zero-order valence-electron chi connectivity index (χ0n) is 11.1. The van der Waals surface area contributed by atoms with Crippen LogP contribution in [0.3, 0.4) is 0 Å². The van der Waals surface area contributed by atoms with Crippen molar-refractivity contribution in [3.05, 3.63) is 0 Å². The average Bonchev–Trinajstić information content (AvgIpc) is 2.74. The monoisotopic (exact) mass is 239 g/mol. The highest BCUT2D eigenvalue weighted by Gasteiger charge is 2.35. The Morgan fingerprint density at radius 1 is 1.24 bits per heavy atom. The third kappa shape index (κ3) is 2.80. The molecule has 2 aliphatic rings. The Hall–Kier alpha value is -0.610. The number of amides is 1. The molecule has 2 rings (SSSR count). The van der Waals surface area contributed by atoms with Gasteiger partial charge in [-0.05, 0) is 39.8 Å². The normalized spacial score (nSPS) is 34.4. The Morgan fingerprint density at radius 3 is 2.59 bits per heavy atom. The van der Waals surface area contributed by atoms with Crippen LogP contribution >= 0.6 is 0 Å². The van der Waals surface area contributed by atoms with Gasteiger partial charge in [-0.2, -0.15) is 0 Å². The maximum atomic E-state index is 12.4. The summed E-state index contributed by atoms with van der Waals surface area (Å²) in [5.74, 6) is 0.400. The van der Waals surface area contributed by atoms with Gasteiger partial charge in [0.25, 0.3) is 0 Å². The van der Waals surface area contributed by atoms with Gasteiger partial charge in [0.2, 0.25) is 5.91 Å². The van der Waals surface area contributed by atoms with Crippen molar-refractivity contribution >= 4 is 5.91 Å². The Kier molecular flexibility index (Phi) is 4.05. The van der Waals surface area contributed by atoms with Crippen molar-refractivity contribution in [1.29, 1.82) is 0 Å². The number of carbonyl (C=O) groups excluding carboxylic acids is 1. The summed E-state index contributed by atoms with van der Waals surface area (Å²) in [5, 5.41) is 0. The molecule has 2 N–H and O–H groups in total. The summed E-state index contributed by atoms with van der Waals surface area (Å²) < 4.78 is 0. The Balaban J connectivity index is 1.94. The summed E-state index contributed by atoms with van der Waals surface area (Å²) in [4.78, 5) is 16.7. The number of carbonyl (C=O) groups is 1. The second kappa shape index (κ2) is 5.36. The third-order valence-electron chi connectivity index (χ3n) is 4.33. The van der Waals surface area contributed by atoms with E-state index >= 15 is 0 Å². The molecule has 0 aromatic carbocycles. The molecule has 4 heteroatoms. The van der Waals surface area contributed by atoms with Gasteiger partial charge in [0.05, 0.1) is 5.92 Å². The first-order chi connectivity index (χ1) is 8.09. The van der Waals surface area contributed by atoms with Crippen molar-refractivity contribution in [2.75, 3.05) is 27.2 Å². The summed E-state index contributed by atoms with van der Waals surface area (Å²) in [5.41, 5.74) is 6.02. The van der Waals surface area contributed by atoms with Gasteiger partial charge in [-0.25, -0.2) is 0 Å². The summed E-state index contributed by atoms with van der Waals surface area (Å²) in [6.07, 6.45) is 5.44. The van der Waals surface area contributed by atoms with Crippen LogP contribution < -0.4 is 5.73 Å². The average molecular weight is 239 g/mol. The molecule has 1 saturated heterocycles. The number of likely N-dealkylation sites (N-methyl/N-ethyl adjacent to an activating group) is 1. The molecule has 0 aromatic heterocycles. The zero-order valence-corrected chi connectivity index (χ0v) is 11.1. The van der Waals surface area contributed by atoms with E-state index in [0.717, 1.165) is 38.8 Å². The fourth-order valence-corrected chi connectivity index (χ4v) is 3.11. The molecule has 1 heterocycles. The van der Waals surface area contributed by atoms with Crippen molar-refractivity contribution in [3.8, 4) is 0 Å². The van der Waals surface area contributed by atoms with Crippen molar-refractivity contribution in [2.24, 2.45) is 11.7 Å². The van der Waals surface area contributed by atoms with Crippen LogP contribution in [0.2, 0.25) is 0 Å². The lowest BCUT2D eigenvalue weighted by Gasteiger charge is -2.37. The van der Waals surface area contributed by atoms with Crippen LogP contribution in [0.4, 0.5) is 0 Å². The van der Waals surface area contributed by atoms with E-state index in [9.17, 15) is 4.79 Å². The Bertz CT molecular complexity index is 280. The van der Waals surface area contributed by atoms with E-state index in [4.69, 9.17) is 5.73 Å². The molecule has 0 spiro atoms. The number of nitrogens with zero attached hydrogens (tertiary/aromatic N) is 2. The molecule has 0 bridgehead atoms. The van der Waals surface area contributed by atoms with Crippen LogP contribution in [-0.4, -0.2) is 55.0 Å². The van der Waals surface area contributed by atoms with Crippen molar-refractivity contribution in [3.63, 3.8) is 0 Å². The Labute approximate surface area is 104 Å². The number of likely N-dealkylation sites (tertiary alicyclic amines) is 1. The lowest BCUT2D eigenvalue weighted by molar-refractivity contribution is -0.137.